The summed E-state index contributed by atoms with van der Waals surface area (Å²) in [6.45, 7) is 7.54. The molecule has 0 heterocycles. The lowest BCUT2D eigenvalue weighted by atomic mass is 9.91. The highest BCUT2D eigenvalue weighted by Gasteiger charge is 2.20. The number of hydrogen-bond acceptors (Lipinski definition) is 3. The van der Waals surface area contributed by atoms with Gasteiger partial charge in [0.1, 0.15) is 6.29 Å². The second kappa shape index (κ2) is 8.91. The van der Waals surface area contributed by atoms with Crippen molar-refractivity contribution in [2.75, 3.05) is 13.6 Å². The van der Waals surface area contributed by atoms with Gasteiger partial charge in [0.15, 0.2) is 0 Å². The van der Waals surface area contributed by atoms with E-state index in [1.165, 1.54) is 0 Å². The minimum atomic E-state index is 0.234. The summed E-state index contributed by atoms with van der Waals surface area (Å²) in [4.78, 5) is 13.3. The standard InChI is InChI=1S/C22H30N2O/c1-5-17(14-24(4)21(6-2)7-3)22(23)20-11-10-18-12-16(15-25)8-9-19(18)13-20/h8-13,15,17,21,23H,5-7,14H2,1-4H3. The average Bonchev–Trinajstić information content (AvgIpc) is 2.65. The van der Waals surface area contributed by atoms with E-state index in [0.29, 0.717) is 17.3 Å². The van der Waals surface area contributed by atoms with Gasteiger partial charge in [-0.1, -0.05) is 45.0 Å². The summed E-state index contributed by atoms with van der Waals surface area (Å²) in [6, 6.07) is 12.4. The fraction of sp³-hybridized carbons (Fsp3) is 0.455. The Balaban J connectivity index is 2.22. The summed E-state index contributed by atoms with van der Waals surface area (Å²) in [6.07, 6.45) is 4.12. The van der Waals surface area contributed by atoms with Crippen LogP contribution in [0, 0.1) is 11.3 Å². The van der Waals surface area contributed by atoms with Crippen molar-refractivity contribution in [1.29, 1.82) is 5.41 Å². The first-order valence-electron chi connectivity index (χ1n) is 9.32. The molecule has 2 rings (SSSR count). The predicted octanol–water partition coefficient (Wildman–Crippen LogP) is 5.17. The molecule has 0 saturated heterocycles. The van der Waals surface area contributed by atoms with Gasteiger partial charge in [-0.25, -0.2) is 0 Å². The predicted molar refractivity (Wildman–Crippen MR) is 107 cm³/mol. The smallest absolute Gasteiger partial charge is 0.150 e. The monoisotopic (exact) mass is 338 g/mol. The molecular formula is C22H30N2O. The number of carbonyl (C=O) groups is 1. The van der Waals surface area contributed by atoms with Gasteiger partial charge in [0.05, 0.1) is 0 Å². The first-order chi connectivity index (χ1) is 12.0. The van der Waals surface area contributed by atoms with E-state index in [-0.39, 0.29) is 5.92 Å². The number of carbonyl (C=O) groups excluding carboxylic acids is 1. The molecule has 3 nitrogen and oxygen atoms in total. The van der Waals surface area contributed by atoms with Gasteiger partial charge in [0.2, 0.25) is 0 Å². The molecule has 0 radical (unpaired) electrons. The average molecular weight is 338 g/mol. The number of rotatable bonds is 9. The second-order valence-corrected chi connectivity index (χ2v) is 6.87. The molecule has 134 valence electrons. The highest BCUT2D eigenvalue weighted by Crippen LogP contribution is 2.21. The van der Waals surface area contributed by atoms with Crippen LogP contribution in [0.15, 0.2) is 36.4 Å². The normalized spacial score (nSPS) is 12.7. The maximum absolute atomic E-state index is 10.9. The van der Waals surface area contributed by atoms with Crippen molar-refractivity contribution in [3.8, 4) is 0 Å². The third-order valence-corrected chi connectivity index (χ3v) is 5.29. The van der Waals surface area contributed by atoms with Gasteiger partial charge in [0, 0.05) is 29.8 Å². The van der Waals surface area contributed by atoms with Gasteiger partial charge in [-0.2, -0.15) is 0 Å². The zero-order chi connectivity index (χ0) is 18.4. The lowest BCUT2D eigenvalue weighted by Crippen LogP contribution is -2.37. The maximum Gasteiger partial charge on any atom is 0.150 e. The summed E-state index contributed by atoms with van der Waals surface area (Å²) in [5.74, 6) is 0.234. The van der Waals surface area contributed by atoms with Gasteiger partial charge in [0.25, 0.3) is 0 Å². The van der Waals surface area contributed by atoms with Crippen molar-refractivity contribution < 1.29 is 4.79 Å². The zero-order valence-corrected chi connectivity index (χ0v) is 15.9. The summed E-state index contributed by atoms with van der Waals surface area (Å²) < 4.78 is 0. The van der Waals surface area contributed by atoms with Gasteiger partial charge in [-0.05, 0) is 54.8 Å². The summed E-state index contributed by atoms with van der Waals surface area (Å²) in [5.41, 5.74) is 2.38. The fourth-order valence-electron chi connectivity index (χ4n) is 3.57. The van der Waals surface area contributed by atoms with Crippen LogP contribution in [0.25, 0.3) is 10.8 Å². The van der Waals surface area contributed by atoms with Gasteiger partial charge in [-0.15, -0.1) is 0 Å². The highest BCUT2D eigenvalue weighted by atomic mass is 16.1. The van der Waals surface area contributed by atoms with E-state index in [4.69, 9.17) is 5.41 Å². The van der Waals surface area contributed by atoms with Gasteiger partial charge >= 0.3 is 0 Å². The Labute approximate surface area is 151 Å². The molecule has 0 aliphatic rings. The molecule has 1 N–H and O–H groups in total. The van der Waals surface area contributed by atoms with Crippen LogP contribution in [-0.2, 0) is 0 Å². The maximum atomic E-state index is 10.9. The first-order valence-corrected chi connectivity index (χ1v) is 9.32. The number of fused-ring (bicyclic) bond motifs is 1. The van der Waals surface area contributed by atoms with Crippen LogP contribution in [0.1, 0.15) is 56.0 Å². The van der Waals surface area contributed by atoms with Crippen molar-refractivity contribution in [3.05, 3.63) is 47.5 Å². The quantitative estimate of drug-likeness (QED) is 0.506. The van der Waals surface area contributed by atoms with Crippen molar-refractivity contribution in [3.63, 3.8) is 0 Å². The van der Waals surface area contributed by atoms with Crippen molar-refractivity contribution in [2.45, 2.75) is 46.1 Å². The highest BCUT2D eigenvalue weighted by molar-refractivity contribution is 6.03. The van der Waals surface area contributed by atoms with Crippen LogP contribution in [0.4, 0.5) is 0 Å². The van der Waals surface area contributed by atoms with E-state index in [9.17, 15) is 4.79 Å². The molecule has 0 aliphatic carbocycles. The molecule has 0 bridgehead atoms. The minimum Gasteiger partial charge on any atom is -0.304 e. The van der Waals surface area contributed by atoms with Crippen molar-refractivity contribution >= 4 is 22.8 Å². The third kappa shape index (κ3) is 4.55. The number of benzene rings is 2. The molecule has 2 aromatic carbocycles. The number of nitrogens with zero attached hydrogens (tertiary/aromatic N) is 1. The Morgan fingerprint density at radius 2 is 1.68 bits per heavy atom. The molecule has 0 fully saturated rings. The van der Waals surface area contributed by atoms with E-state index < -0.39 is 0 Å². The van der Waals surface area contributed by atoms with Gasteiger partial charge in [-0.3, -0.25) is 4.79 Å². The van der Waals surface area contributed by atoms with E-state index in [1.54, 1.807) is 0 Å². The molecule has 0 spiro atoms. The molecule has 0 saturated carbocycles. The van der Waals surface area contributed by atoms with Crippen LogP contribution < -0.4 is 0 Å². The SMILES string of the molecule is CCC(CN(C)C(CC)CC)C(=N)c1ccc2cc(C=O)ccc2c1. The topological polar surface area (TPSA) is 44.2 Å². The molecule has 1 unspecified atom stereocenters. The third-order valence-electron chi connectivity index (χ3n) is 5.29. The molecular weight excluding hydrogens is 308 g/mol. The lowest BCUT2D eigenvalue weighted by Gasteiger charge is -2.30. The Bertz CT molecular complexity index is 734. The van der Waals surface area contributed by atoms with Gasteiger partial charge < -0.3 is 10.3 Å². The Hall–Kier alpha value is -2.00. The summed E-state index contributed by atoms with van der Waals surface area (Å²) in [7, 11) is 2.18. The summed E-state index contributed by atoms with van der Waals surface area (Å²) >= 11 is 0. The van der Waals surface area contributed by atoms with Crippen LogP contribution in [-0.4, -0.2) is 36.5 Å². The molecule has 0 amide bonds. The largest absolute Gasteiger partial charge is 0.304 e. The zero-order valence-electron chi connectivity index (χ0n) is 15.9. The van der Waals surface area contributed by atoms with Crippen LogP contribution in [0.3, 0.4) is 0 Å². The Kier molecular flexibility index (Phi) is 6.89. The molecule has 25 heavy (non-hydrogen) atoms. The lowest BCUT2D eigenvalue weighted by molar-refractivity contribution is 0.112. The molecule has 2 aromatic rings. The van der Waals surface area contributed by atoms with E-state index in [0.717, 1.165) is 48.4 Å². The Morgan fingerprint density at radius 3 is 2.28 bits per heavy atom. The Morgan fingerprint density at radius 1 is 1.04 bits per heavy atom. The molecule has 0 aliphatic heterocycles. The van der Waals surface area contributed by atoms with Crippen LogP contribution in [0.5, 0.6) is 0 Å². The number of aldehydes is 1. The minimum absolute atomic E-state index is 0.234. The number of nitrogens with one attached hydrogen (secondary N) is 1. The fourth-order valence-corrected chi connectivity index (χ4v) is 3.57. The number of hydrogen-bond donors (Lipinski definition) is 1. The van der Waals surface area contributed by atoms with Crippen LogP contribution >= 0.6 is 0 Å². The first kappa shape index (κ1) is 19.3. The molecule has 3 heteroatoms. The van der Waals surface area contributed by atoms with Crippen molar-refractivity contribution in [1.82, 2.24) is 4.90 Å². The van der Waals surface area contributed by atoms with Crippen LogP contribution in [0.2, 0.25) is 0 Å². The van der Waals surface area contributed by atoms with E-state index >= 15 is 0 Å². The molecule has 1 atom stereocenters. The van der Waals surface area contributed by atoms with Crippen molar-refractivity contribution in [2.24, 2.45) is 5.92 Å². The second-order valence-electron chi connectivity index (χ2n) is 6.87. The van der Waals surface area contributed by atoms with E-state index in [2.05, 4.69) is 38.8 Å². The summed E-state index contributed by atoms with van der Waals surface area (Å²) in [5, 5.41) is 10.8. The van der Waals surface area contributed by atoms with E-state index in [1.807, 2.05) is 30.3 Å². The molecule has 0 aromatic heterocycles.